The van der Waals surface area contributed by atoms with E-state index in [1.807, 2.05) is 29.6 Å². The summed E-state index contributed by atoms with van der Waals surface area (Å²) in [5, 5.41) is 2.68. The molecule has 2 heterocycles. The van der Waals surface area contributed by atoms with Crippen molar-refractivity contribution in [2.24, 2.45) is 0 Å². The second kappa shape index (κ2) is 4.83. The Morgan fingerprint density at radius 3 is 2.95 bits per heavy atom. The van der Waals surface area contributed by atoms with Crippen LogP contribution >= 0.6 is 27.3 Å². The summed E-state index contributed by atoms with van der Waals surface area (Å²) in [6, 6.07) is 7.52. The van der Waals surface area contributed by atoms with Gasteiger partial charge in [0, 0.05) is 22.7 Å². The van der Waals surface area contributed by atoms with E-state index in [2.05, 4.69) is 20.9 Å². The third kappa shape index (κ3) is 2.09. The van der Waals surface area contributed by atoms with Crippen LogP contribution in [-0.4, -0.2) is 17.9 Å². The lowest BCUT2D eigenvalue weighted by Gasteiger charge is -2.03. The number of nitrogens with one attached hydrogen (secondary N) is 1. The summed E-state index contributed by atoms with van der Waals surface area (Å²) in [6.45, 7) is 0. The highest BCUT2D eigenvalue weighted by Crippen LogP contribution is 2.31. The molecular formula is C14H10BrNO2S. The number of methoxy groups -OCH3 is 1. The van der Waals surface area contributed by atoms with Gasteiger partial charge in [-0.1, -0.05) is 6.07 Å². The third-order valence-corrected chi connectivity index (χ3v) is 4.47. The van der Waals surface area contributed by atoms with Crippen LogP contribution < -0.4 is 4.74 Å². The van der Waals surface area contributed by atoms with E-state index >= 15 is 0 Å². The molecule has 0 atom stereocenters. The number of hydrogen-bond acceptors (Lipinski definition) is 3. The molecule has 3 nitrogen and oxygen atoms in total. The first kappa shape index (κ1) is 12.4. The molecule has 0 fully saturated rings. The highest BCUT2D eigenvalue weighted by molar-refractivity contribution is 9.11. The summed E-state index contributed by atoms with van der Waals surface area (Å²) in [6.07, 6.45) is 1.74. The smallest absolute Gasteiger partial charge is 0.196 e. The molecule has 0 bridgehead atoms. The van der Waals surface area contributed by atoms with Gasteiger partial charge in [0.15, 0.2) is 5.78 Å². The van der Waals surface area contributed by atoms with Crippen LogP contribution in [0.25, 0.3) is 10.9 Å². The zero-order valence-electron chi connectivity index (χ0n) is 10.1. The molecule has 96 valence electrons. The number of aromatic amines is 1. The molecule has 1 aromatic carbocycles. The van der Waals surface area contributed by atoms with Crippen LogP contribution in [0.5, 0.6) is 5.75 Å². The van der Waals surface area contributed by atoms with Crippen LogP contribution in [0.1, 0.15) is 15.9 Å². The van der Waals surface area contributed by atoms with Crippen molar-refractivity contribution < 1.29 is 9.53 Å². The summed E-state index contributed by atoms with van der Waals surface area (Å²) >= 11 is 4.88. The van der Waals surface area contributed by atoms with Crippen LogP contribution in [0, 0.1) is 0 Å². The maximum absolute atomic E-state index is 12.5. The molecule has 0 amide bonds. The zero-order chi connectivity index (χ0) is 13.4. The molecule has 1 N–H and O–H groups in total. The fourth-order valence-corrected chi connectivity index (χ4v) is 3.22. The number of H-pyrrole nitrogens is 1. The van der Waals surface area contributed by atoms with Gasteiger partial charge in [0.25, 0.3) is 0 Å². The Morgan fingerprint density at radius 1 is 1.42 bits per heavy atom. The predicted octanol–water partition coefficient (Wildman–Crippen LogP) is 4.23. The maximum atomic E-state index is 12.5. The van der Waals surface area contributed by atoms with E-state index in [0.29, 0.717) is 16.9 Å². The van der Waals surface area contributed by atoms with Crippen LogP contribution in [0.15, 0.2) is 39.6 Å². The van der Waals surface area contributed by atoms with Crippen molar-refractivity contribution in [2.75, 3.05) is 7.11 Å². The van der Waals surface area contributed by atoms with Gasteiger partial charge in [-0.15, -0.1) is 11.3 Å². The molecule has 0 saturated carbocycles. The van der Waals surface area contributed by atoms with Crippen molar-refractivity contribution >= 4 is 44.0 Å². The van der Waals surface area contributed by atoms with Crippen LogP contribution in [0.4, 0.5) is 0 Å². The quantitative estimate of drug-likeness (QED) is 0.727. The minimum Gasteiger partial charge on any atom is -0.496 e. The number of ether oxygens (including phenoxy) is 1. The molecule has 0 aliphatic carbocycles. The number of aromatic nitrogens is 1. The van der Waals surface area contributed by atoms with Gasteiger partial charge in [0.1, 0.15) is 5.75 Å². The molecule has 0 radical (unpaired) electrons. The Morgan fingerprint density at radius 2 is 2.26 bits per heavy atom. The lowest BCUT2D eigenvalue weighted by Crippen LogP contribution is -1.99. The number of thiophene rings is 1. The Bertz CT molecular complexity index is 760. The van der Waals surface area contributed by atoms with Gasteiger partial charge in [-0.3, -0.25) is 4.79 Å². The Kier molecular flexibility index (Phi) is 3.16. The fraction of sp³-hybridized carbons (Fsp3) is 0.0714. The molecule has 2 aromatic heterocycles. The molecular weight excluding hydrogens is 326 g/mol. The molecule has 19 heavy (non-hydrogen) atoms. The van der Waals surface area contributed by atoms with E-state index in [9.17, 15) is 4.79 Å². The fourth-order valence-electron chi connectivity index (χ4n) is 2.09. The molecule has 0 aliphatic rings. The molecule has 0 saturated heterocycles. The van der Waals surface area contributed by atoms with Gasteiger partial charge in [-0.25, -0.2) is 0 Å². The Labute approximate surface area is 122 Å². The summed E-state index contributed by atoms with van der Waals surface area (Å²) in [4.78, 5) is 15.6. The van der Waals surface area contributed by atoms with E-state index in [1.165, 1.54) is 11.3 Å². The highest BCUT2D eigenvalue weighted by atomic mass is 79.9. The number of fused-ring (bicyclic) bond motifs is 1. The van der Waals surface area contributed by atoms with Crippen LogP contribution in [0.3, 0.4) is 0 Å². The number of halogens is 1. The maximum Gasteiger partial charge on any atom is 0.196 e. The van der Waals surface area contributed by atoms with E-state index in [0.717, 1.165) is 14.7 Å². The van der Waals surface area contributed by atoms with Crippen molar-refractivity contribution in [3.05, 3.63) is 50.8 Å². The number of rotatable bonds is 3. The Hall–Kier alpha value is -1.59. The molecule has 0 unspecified atom stereocenters. The normalized spacial score (nSPS) is 10.8. The van der Waals surface area contributed by atoms with Gasteiger partial charge in [-0.05, 0) is 34.1 Å². The summed E-state index contributed by atoms with van der Waals surface area (Å²) in [5.41, 5.74) is 2.22. The number of benzene rings is 1. The minimum atomic E-state index is -0.00213. The van der Waals surface area contributed by atoms with Gasteiger partial charge in [0.05, 0.1) is 21.8 Å². The SMILES string of the molecule is COc1cccc2[nH]cc(C(=O)c3csc(Br)c3)c12. The molecule has 0 spiro atoms. The van der Waals surface area contributed by atoms with Crippen LogP contribution in [-0.2, 0) is 0 Å². The van der Waals surface area contributed by atoms with Crippen molar-refractivity contribution in [3.8, 4) is 5.75 Å². The first-order valence-electron chi connectivity index (χ1n) is 5.63. The first-order chi connectivity index (χ1) is 9.20. The van der Waals surface area contributed by atoms with Crippen LogP contribution in [0.2, 0.25) is 0 Å². The summed E-state index contributed by atoms with van der Waals surface area (Å²) in [7, 11) is 1.61. The number of ketones is 1. The predicted molar refractivity (Wildman–Crippen MR) is 80.3 cm³/mol. The molecule has 0 aliphatic heterocycles. The van der Waals surface area contributed by atoms with E-state index in [1.54, 1.807) is 13.3 Å². The lowest BCUT2D eigenvalue weighted by molar-refractivity contribution is 0.104. The highest BCUT2D eigenvalue weighted by Gasteiger charge is 2.18. The van der Waals surface area contributed by atoms with Gasteiger partial charge >= 0.3 is 0 Å². The second-order valence-electron chi connectivity index (χ2n) is 4.05. The Balaban J connectivity index is 2.18. The summed E-state index contributed by atoms with van der Waals surface area (Å²) < 4.78 is 6.29. The number of hydrogen-bond donors (Lipinski definition) is 1. The van der Waals surface area contributed by atoms with Gasteiger partial charge < -0.3 is 9.72 Å². The average Bonchev–Trinajstić information content (AvgIpc) is 3.03. The van der Waals surface area contributed by atoms with Gasteiger partial charge in [0.2, 0.25) is 0 Å². The van der Waals surface area contributed by atoms with Crippen molar-refractivity contribution in [1.29, 1.82) is 0 Å². The number of carbonyl (C=O) groups excluding carboxylic acids is 1. The standard InChI is InChI=1S/C14H10BrNO2S/c1-18-11-4-2-3-10-13(11)9(6-16-10)14(17)8-5-12(15)19-7-8/h2-7,16H,1H3. The molecule has 3 aromatic rings. The second-order valence-corrected chi connectivity index (χ2v) is 6.34. The first-order valence-corrected chi connectivity index (χ1v) is 7.31. The largest absolute Gasteiger partial charge is 0.496 e. The van der Waals surface area contributed by atoms with E-state index < -0.39 is 0 Å². The number of carbonyl (C=O) groups is 1. The van der Waals surface area contributed by atoms with Crippen molar-refractivity contribution in [3.63, 3.8) is 0 Å². The molecule has 5 heteroatoms. The third-order valence-electron chi connectivity index (χ3n) is 2.96. The van der Waals surface area contributed by atoms with Crippen molar-refractivity contribution in [2.45, 2.75) is 0 Å². The van der Waals surface area contributed by atoms with Crippen molar-refractivity contribution in [1.82, 2.24) is 4.98 Å². The summed E-state index contributed by atoms with van der Waals surface area (Å²) in [5.74, 6) is 0.703. The monoisotopic (exact) mass is 335 g/mol. The lowest BCUT2D eigenvalue weighted by atomic mass is 10.0. The van der Waals surface area contributed by atoms with E-state index in [-0.39, 0.29) is 5.78 Å². The van der Waals surface area contributed by atoms with Gasteiger partial charge in [-0.2, -0.15) is 0 Å². The topological polar surface area (TPSA) is 42.1 Å². The minimum absolute atomic E-state index is 0.00213. The van der Waals surface area contributed by atoms with E-state index in [4.69, 9.17) is 4.74 Å². The molecule has 3 rings (SSSR count). The average molecular weight is 336 g/mol. The zero-order valence-corrected chi connectivity index (χ0v) is 12.5.